The molecule has 3 heterocycles. The third-order valence-corrected chi connectivity index (χ3v) is 6.48. The number of alkyl halides is 1. The third kappa shape index (κ3) is 11.6. The van der Waals surface area contributed by atoms with Crippen molar-refractivity contribution < 1.29 is 90.8 Å². The van der Waals surface area contributed by atoms with Crippen LogP contribution in [-0.4, -0.2) is 74.4 Å². The smallest absolute Gasteiger partial charge is 0.870 e. The van der Waals surface area contributed by atoms with E-state index in [2.05, 4.69) is 20.8 Å². The molecule has 8 nitrogen and oxygen atoms in total. The predicted octanol–water partition coefficient (Wildman–Crippen LogP) is 1.70. The summed E-state index contributed by atoms with van der Waals surface area (Å²) in [6, 6.07) is 13.7. The molecule has 0 saturated carbocycles. The zero-order chi connectivity index (χ0) is 25.4. The van der Waals surface area contributed by atoms with Crippen molar-refractivity contribution in [3.8, 4) is 23.0 Å². The summed E-state index contributed by atoms with van der Waals surface area (Å²) in [6.07, 6.45) is 0. The van der Waals surface area contributed by atoms with Gasteiger partial charge in [-0.15, -0.1) is 11.6 Å². The van der Waals surface area contributed by atoms with Gasteiger partial charge in [-0.2, -0.15) is 0 Å². The van der Waals surface area contributed by atoms with Crippen molar-refractivity contribution in [3.63, 3.8) is 0 Å². The molecule has 3 saturated heterocycles. The van der Waals surface area contributed by atoms with Gasteiger partial charge in [0, 0.05) is 34.3 Å². The first kappa shape index (κ1) is 34.4. The number of rotatable bonds is 7. The molecule has 5 rings (SSSR count). The Hall–Kier alpha value is -0.594. The number of aromatic hydroxyl groups is 2. The van der Waals surface area contributed by atoms with Crippen LogP contribution >= 0.6 is 11.6 Å². The minimum Gasteiger partial charge on any atom is -0.870 e. The second-order valence-electron chi connectivity index (χ2n) is 10.6. The molecule has 202 valence electrons. The molecule has 3 aliphatic rings. The average Bonchev–Trinajstić information content (AvgIpc) is 2.78. The predicted molar refractivity (Wildman–Crippen MR) is 137 cm³/mol. The van der Waals surface area contributed by atoms with E-state index >= 15 is 0 Å². The minimum absolute atomic E-state index is 0. The molecule has 2 aromatic carbocycles. The first-order chi connectivity index (χ1) is 16.6. The van der Waals surface area contributed by atoms with E-state index < -0.39 is 0 Å². The third-order valence-electron chi connectivity index (χ3n) is 5.84. The van der Waals surface area contributed by atoms with Gasteiger partial charge in [0.1, 0.15) is 23.0 Å². The summed E-state index contributed by atoms with van der Waals surface area (Å²) in [7, 11) is 0. The van der Waals surface area contributed by atoms with Crippen LogP contribution in [-0.2, 0) is 14.2 Å². The zero-order valence-corrected chi connectivity index (χ0v) is 26.1. The second kappa shape index (κ2) is 15.9. The minimum atomic E-state index is 0. The van der Waals surface area contributed by atoms with Crippen molar-refractivity contribution in [2.45, 2.75) is 20.8 Å². The Bertz CT molecular complexity index is 870. The topological polar surface area (TPSA) is 117 Å². The van der Waals surface area contributed by atoms with Gasteiger partial charge in [-0.05, 0) is 24.3 Å². The van der Waals surface area contributed by atoms with Gasteiger partial charge >= 0.3 is 51.4 Å². The van der Waals surface area contributed by atoms with Crippen LogP contribution in [0.5, 0.6) is 23.0 Å². The molecule has 0 radical (unpaired) electrons. The monoisotopic (exact) mass is 564 g/mol. The van der Waals surface area contributed by atoms with E-state index in [1.807, 2.05) is 24.3 Å². The van der Waals surface area contributed by atoms with Crippen LogP contribution in [0.15, 0.2) is 48.5 Å². The van der Waals surface area contributed by atoms with E-state index in [-0.39, 0.29) is 79.2 Å². The van der Waals surface area contributed by atoms with Gasteiger partial charge in [-0.3, -0.25) is 0 Å². The van der Waals surface area contributed by atoms with Crippen molar-refractivity contribution in [1.82, 2.24) is 0 Å². The molecular weight excluding hydrogens is 527 g/mol. The Morgan fingerprint density at radius 1 is 0.703 bits per heavy atom. The maximum absolute atomic E-state index is 8.65. The summed E-state index contributed by atoms with van der Waals surface area (Å²) < 4.78 is 27.1. The Balaban J connectivity index is 0.000000334. The van der Waals surface area contributed by atoms with E-state index in [4.69, 9.17) is 45.5 Å². The van der Waals surface area contributed by atoms with Crippen LogP contribution in [0.2, 0.25) is 0 Å². The van der Waals surface area contributed by atoms with E-state index in [0.29, 0.717) is 18.6 Å². The van der Waals surface area contributed by atoms with Gasteiger partial charge in [0.15, 0.2) is 0 Å². The normalized spacial score (nSPS) is 19.1. The molecule has 0 bridgehead atoms. The van der Waals surface area contributed by atoms with Gasteiger partial charge in [-0.25, -0.2) is 0 Å². The van der Waals surface area contributed by atoms with E-state index in [9.17, 15) is 0 Å². The number of ether oxygens (including phenoxy) is 5. The van der Waals surface area contributed by atoms with Crippen LogP contribution in [0, 0.1) is 16.2 Å². The summed E-state index contributed by atoms with van der Waals surface area (Å²) in [5.41, 5.74) is 0.628. The summed E-state index contributed by atoms with van der Waals surface area (Å²) in [4.78, 5) is 0. The van der Waals surface area contributed by atoms with Crippen molar-refractivity contribution in [2.24, 2.45) is 16.2 Å². The largest absolute Gasteiger partial charge is 1.00 e. The fraction of sp³-hybridized carbons (Fsp3) is 0.556. The van der Waals surface area contributed by atoms with Crippen molar-refractivity contribution in [3.05, 3.63) is 48.5 Å². The first-order valence-electron chi connectivity index (χ1n) is 11.8. The number of phenols is 2. The zero-order valence-electron chi connectivity index (χ0n) is 22.2. The summed E-state index contributed by atoms with van der Waals surface area (Å²) in [6.45, 7) is 12.6. The maximum atomic E-state index is 8.65. The molecule has 0 spiro atoms. The Morgan fingerprint density at radius 2 is 1.08 bits per heavy atom. The second-order valence-corrected chi connectivity index (χ2v) is 10.9. The molecule has 0 aromatic heterocycles. The number of hydrogen-bond acceptors (Lipinski definition) is 8. The van der Waals surface area contributed by atoms with Gasteiger partial charge in [0.2, 0.25) is 0 Å². The molecule has 2 aromatic rings. The van der Waals surface area contributed by atoms with Crippen LogP contribution in [0.25, 0.3) is 0 Å². The van der Waals surface area contributed by atoms with Gasteiger partial charge in [0.25, 0.3) is 0 Å². The molecule has 0 atom stereocenters. The fourth-order valence-electron chi connectivity index (χ4n) is 3.26. The molecule has 37 heavy (non-hydrogen) atoms. The van der Waals surface area contributed by atoms with Crippen LogP contribution in [0.1, 0.15) is 20.8 Å². The van der Waals surface area contributed by atoms with E-state index in [1.54, 1.807) is 6.07 Å². The molecular formula is C27H38ClKO8. The van der Waals surface area contributed by atoms with Crippen molar-refractivity contribution in [2.75, 3.05) is 58.7 Å². The maximum Gasteiger partial charge on any atom is 1.00 e. The van der Waals surface area contributed by atoms with Crippen molar-refractivity contribution >= 4 is 11.6 Å². The molecule has 3 fully saturated rings. The number of phenolic OH excluding ortho intramolecular Hbond substituents is 2. The standard InChI is InChI=1S/C16H22O4.C6H6O2.C5H9ClO.K.H2O/c1-15(7-17-8-15)11-19-13-4-3-5-14(6-13)20-12-16(2)9-18-10-16;7-5-2-1-3-6(8)4-5;1-5(2-6)3-7-4-5;;/h3-6H,7-12H2,1-2H3;1-4,7-8H;2-4H2,1H3;;1H2/q;;;+1;/p-1. The molecule has 3 aliphatic heterocycles. The van der Waals surface area contributed by atoms with Crippen molar-refractivity contribution in [1.29, 1.82) is 0 Å². The molecule has 0 aliphatic carbocycles. The first-order valence-corrected chi connectivity index (χ1v) is 12.3. The van der Waals surface area contributed by atoms with E-state index in [0.717, 1.165) is 57.0 Å². The summed E-state index contributed by atoms with van der Waals surface area (Å²) in [5, 5.41) is 17.3. The van der Waals surface area contributed by atoms with Crippen LogP contribution in [0.4, 0.5) is 0 Å². The summed E-state index contributed by atoms with van der Waals surface area (Å²) >= 11 is 5.56. The van der Waals surface area contributed by atoms with E-state index in [1.165, 1.54) is 18.2 Å². The Labute approximate surface area is 267 Å². The molecule has 0 amide bonds. The number of hydrogen-bond donors (Lipinski definition) is 2. The Kier molecular flexibility index (Phi) is 14.8. The quantitative estimate of drug-likeness (QED) is 0.386. The van der Waals surface area contributed by atoms with Crippen LogP contribution in [0.3, 0.4) is 0 Å². The summed E-state index contributed by atoms with van der Waals surface area (Å²) in [5.74, 6) is 2.61. The molecule has 3 N–H and O–H groups in total. The van der Waals surface area contributed by atoms with Crippen LogP contribution < -0.4 is 60.9 Å². The molecule has 10 heteroatoms. The number of halogens is 1. The average molecular weight is 565 g/mol. The molecule has 0 unspecified atom stereocenters. The van der Waals surface area contributed by atoms with Gasteiger partial charge in [0.05, 0.1) is 52.9 Å². The number of benzene rings is 2. The fourth-order valence-corrected chi connectivity index (χ4v) is 3.41. The Morgan fingerprint density at radius 3 is 1.32 bits per heavy atom. The SMILES string of the molecule is CC1(CCl)COC1.CC1(COc2cccc(OCC3(C)COC3)c2)COC1.Oc1cccc(O)c1.[K+].[OH-]. The van der Waals surface area contributed by atoms with Gasteiger partial charge in [-0.1, -0.05) is 32.9 Å². The van der Waals surface area contributed by atoms with Gasteiger partial charge < -0.3 is 39.4 Å².